The van der Waals surface area contributed by atoms with Gasteiger partial charge in [0, 0.05) is 5.69 Å². The first kappa shape index (κ1) is 18.0. The maximum absolute atomic E-state index is 12.2. The molecule has 6 heteroatoms. The third-order valence-corrected chi connectivity index (χ3v) is 3.84. The van der Waals surface area contributed by atoms with Crippen LogP contribution in [0.15, 0.2) is 66.9 Å². The van der Waals surface area contributed by atoms with E-state index in [2.05, 4.69) is 21.7 Å². The Labute approximate surface area is 157 Å². The van der Waals surface area contributed by atoms with Crippen LogP contribution < -0.4 is 15.4 Å². The molecular weight excluding hydrogens is 340 g/mol. The zero-order valence-corrected chi connectivity index (χ0v) is 14.8. The fraction of sp³-hybridized carbons (Fsp3) is 0.0952. The molecule has 3 aromatic rings. The number of carbonyl (C=O) groups excluding carboxylic acids is 1. The van der Waals surface area contributed by atoms with Gasteiger partial charge in [0.25, 0.3) is 0 Å². The molecule has 1 aromatic heterocycles. The predicted molar refractivity (Wildman–Crippen MR) is 104 cm³/mol. The highest BCUT2D eigenvalue weighted by atomic mass is 16.5. The van der Waals surface area contributed by atoms with Crippen molar-refractivity contribution >= 4 is 23.1 Å². The normalized spacial score (nSPS) is 9.93. The summed E-state index contributed by atoms with van der Waals surface area (Å²) >= 11 is 0. The third-order valence-electron chi connectivity index (χ3n) is 3.84. The van der Waals surface area contributed by atoms with E-state index in [0.29, 0.717) is 17.1 Å². The van der Waals surface area contributed by atoms with E-state index in [-0.39, 0.29) is 12.3 Å². The molecule has 0 radical (unpaired) electrons. The molecule has 2 N–H and O–H groups in total. The largest absolute Gasteiger partial charge is 0.497 e. The number of aromatic nitrogens is 1. The molecule has 6 nitrogen and oxygen atoms in total. The van der Waals surface area contributed by atoms with Crippen LogP contribution in [0.3, 0.4) is 0 Å². The number of hydrogen-bond acceptors (Lipinski definition) is 5. The number of carbonyl (C=O) groups is 1. The number of pyridine rings is 1. The summed E-state index contributed by atoms with van der Waals surface area (Å²) < 4.78 is 5.11. The second-order valence-corrected chi connectivity index (χ2v) is 5.82. The lowest BCUT2D eigenvalue weighted by Gasteiger charge is -2.08. The summed E-state index contributed by atoms with van der Waals surface area (Å²) in [7, 11) is 1.60. The minimum absolute atomic E-state index is 0.121. The SMILES string of the molecule is COc1ccc(CC(=O)Nc2ccc(Nc3cccc(C#N)c3)nc2)cc1. The Morgan fingerprint density at radius 3 is 2.59 bits per heavy atom. The lowest BCUT2D eigenvalue weighted by atomic mass is 10.1. The average molecular weight is 358 g/mol. The molecule has 0 aliphatic carbocycles. The van der Waals surface area contributed by atoms with Gasteiger partial charge in [0.05, 0.1) is 37.0 Å². The van der Waals surface area contributed by atoms with Gasteiger partial charge in [-0.15, -0.1) is 0 Å². The van der Waals surface area contributed by atoms with E-state index >= 15 is 0 Å². The van der Waals surface area contributed by atoms with Crippen LogP contribution in [0.2, 0.25) is 0 Å². The van der Waals surface area contributed by atoms with E-state index in [4.69, 9.17) is 10.00 Å². The summed E-state index contributed by atoms with van der Waals surface area (Å²) in [5.41, 5.74) is 2.86. The number of rotatable bonds is 6. The monoisotopic (exact) mass is 358 g/mol. The Balaban J connectivity index is 1.58. The van der Waals surface area contributed by atoms with Crippen LogP contribution in [0.25, 0.3) is 0 Å². The first-order valence-electron chi connectivity index (χ1n) is 8.32. The lowest BCUT2D eigenvalue weighted by Crippen LogP contribution is -2.14. The molecule has 2 aromatic carbocycles. The first-order valence-corrected chi connectivity index (χ1v) is 8.32. The van der Waals surface area contributed by atoms with Crippen LogP contribution in [0.1, 0.15) is 11.1 Å². The molecule has 1 amide bonds. The summed E-state index contributed by atoms with van der Waals surface area (Å²) in [5, 5.41) is 14.9. The van der Waals surface area contributed by atoms with Gasteiger partial charge in [-0.2, -0.15) is 5.26 Å². The average Bonchev–Trinajstić information content (AvgIpc) is 2.70. The van der Waals surface area contributed by atoms with Crippen LogP contribution in [0, 0.1) is 11.3 Å². The topological polar surface area (TPSA) is 87.0 Å². The van der Waals surface area contributed by atoms with Crippen molar-refractivity contribution in [1.29, 1.82) is 5.26 Å². The Bertz CT molecular complexity index is 961. The molecule has 1 heterocycles. The lowest BCUT2D eigenvalue weighted by molar-refractivity contribution is -0.115. The zero-order chi connectivity index (χ0) is 19.1. The summed E-state index contributed by atoms with van der Waals surface area (Å²) in [4.78, 5) is 16.5. The maximum atomic E-state index is 12.2. The number of methoxy groups -OCH3 is 1. The minimum Gasteiger partial charge on any atom is -0.497 e. The van der Waals surface area contributed by atoms with Crippen molar-refractivity contribution in [3.63, 3.8) is 0 Å². The molecule has 0 unspecified atom stereocenters. The van der Waals surface area contributed by atoms with Crippen LogP contribution in [-0.2, 0) is 11.2 Å². The molecule has 3 rings (SSSR count). The summed E-state index contributed by atoms with van der Waals surface area (Å²) in [6.07, 6.45) is 1.85. The highest BCUT2D eigenvalue weighted by Crippen LogP contribution is 2.18. The van der Waals surface area contributed by atoms with Crippen LogP contribution >= 0.6 is 0 Å². The fourth-order valence-electron chi connectivity index (χ4n) is 2.49. The summed E-state index contributed by atoms with van der Waals surface area (Å²) in [5.74, 6) is 1.26. The van der Waals surface area contributed by atoms with E-state index in [1.807, 2.05) is 30.3 Å². The molecule has 0 saturated carbocycles. The first-order chi connectivity index (χ1) is 13.2. The quantitative estimate of drug-likeness (QED) is 0.698. The van der Waals surface area contributed by atoms with Gasteiger partial charge in [-0.1, -0.05) is 18.2 Å². The van der Waals surface area contributed by atoms with Crippen LogP contribution in [0.4, 0.5) is 17.2 Å². The minimum atomic E-state index is -0.121. The molecule has 0 aliphatic rings. The van der Waals surface area contributed by atoms with Gasteiger partial charge in [0.1, 0.15) is 11.6 Å². The van der Waals surface area contributed by atoms with Crippen molar-refractivity contribution in [3.05, 3.63) is 78.0 Å². The van der Waals surface area contributed by atoms with Crippen molar-refractivity contribution in [3.8, 4) is 11.8 Å². The van der Waals surface area contributed by atoms with Crippen LogP contribution in [-0.4, -0.2) is 18.0 Å². The summed E-state index contributed by atoms with van der Waals surface area (Å²) in [6, 6.07) is 20.1. The fourth-order valence-corrected chi connectivity index (χ4v) is 2.49. The van der Waals surface area contributed by atoms with Gasteiger partial charge >= 0.3 is 0 Å². The Hall–Kier alpha value is -3.85. The number of amides is 1. The molecular formula is C21H18N4O2. The number of anilines is 3. The van der Waals surface area contributed by atoms with Gasteiger partial charge in [-0.3, -0.25) is 4.79 Å². The van der Waals surface area contributed by atoms with Gasteiger partial charge in [-0.25, -0.2) is 4.98 Å². The second kappa shape index (κ2) is 8.50. The number of hydrogen-bond donors (Lipinski definition) is 2. The Morgan fingerprint density at radius 2 is 1.93 bits per heavy atom. The number of nitriles is 1. The van der Waals surface area contributed by atoms with Gasteiger partial charge in [0.15, 0.2) is 0 Å². The third kappa shape index (κ3) is 5.06. The Kier molecular flexibility index (Phi) is 5.65. The molecule has 0 fully saturated rings. The standard InChI is InChI=1S/C21H18N4O2/c1-27-19-8-5-15(6-9-19)12-21(26)25-18-7-10-20(23-14-18)24-17-4-2-3-16(11-17)13-22/h2-11,14H,12H2,1H3,(H,23,24)(H,25,26). The molecule has 0 atom stereocenters. The van der Waals surface area contributed by atoms with E-state index < -0.39 is 0 Å². The van der Waals surface area contributed by atoms with E-state index in [0.717, 1.165) is 17.0 Å². The maximum Gasteiger partial charge on any atom is 0.228 e. The Morgan fingerprint density at radius 1 is 1.11 bits per heavy atom. The number of nitrogens with zero attached hydrogens (tertiary/aromatic N) is 2. The predicted octanol–water partition coefficient (Wildman–Crippen LogP) is 3.89. The van der Waals surface area contributed by atoms with E-state index in [1.54, 1.807) is 43.6 Å². The molecule has 0 saturated heterocycles. The molecule has 27 heavy (non-hydrogen) atoms. The van der Waals surface area contributed by atoms with Crippen molar-refractivity contribution in [1.82, 2.24) is 4.98 Å². The van der Waals surface area contributed by atoms with Crippen molar-refractivity contribution in [2.45, 2.75) is 6.42 Å². The smallest absolute Gasteiger partial charge is 0.228 e. The van der Waals surface area contributed by atoms with Crippen molar-refractivity contribution < 1.29 is 9.53 Å². The molecule has 134 valence electrons. The summed E-state index contributed by atoms with van der Waals surface area (Å²) in [6.45, 7) is 0. The molecule has 0 bridgehead atoms. The van der Waals surface area contributed by atoms with Crippen molar-refractivity contribution in [2.24, 2.45) is 0 Å². The molecule has 0 spiro atoms. The van der Waals surface area contributed by atoms with Crippen LogP contribution in [0.5, 0.6) is 5.75 Å². The highest BCUT2D eigenvalue weighted by molar-refractivity contribution is 5.92. The van der Waals surface area contributed by atoms with E-state index in [1.165, 1.54) is 0 Å². The number of ether oxygens (including phenoxy) is 1. The van der Waals surface area contributed by atoms with Crippen molar-refractivity contribution in [2.75, 3.05) is 17.7 Å². The second-order valence-electron chi connectivity index (χ2n) is 5.82. The highest BCUT2D eigenvalue weighted by Gasteiger charge is 2.05. The number of benzene rings is 2. The van der Waals surface area contributed by atoms with Gasteiger partial charge in [-0.05, 0) is 48.0 Å². The molecule has 0 aliphatic heterocycles. The zero-order valence-electron chi connectivity index (χ0n) is 14.8. The van der Waals surface area contributed by atoms with Gasteiger partial charge in [0.2, 0.25) is 5.91 Å². The van der Waals surface area contributed by atoms with E-state index in [9.17, 15) is 4.79 Å². The number of nitrogens with one attached hydrogen (secondary N) is 2. The van der Waals surface area contributed by atoms with Gasteiger partial charge < -0.3 is 15.4 Å².